The van der Waals surface area contributed by atoms with E-state index in [2.05, 4.69) is 6.92 Å². The van der Waals surface area contributed by atoms with E-state index < -0.39 is 5.97 Å². The summed E-state index contributed by atoms with van der Waals surface area (Å²) in [5.74, 6) is -0.771. The van der Waals surface area contributed by atoms with Crippen molar-refractivity contribution in [1.82, 2.24) is 4.90 Å². The number of amides is 1. The normalized spacial score (nSPS) is 15.7. The van der Waals surface area contributed by atoms with Crippen molar-refractivity contribution in [2.24, 2.45) is 0 Å². The molecule has 0 N–H and O–H groups in total. The molecule has 8 heteroatoms. The average molecular weight is 421 g/mol. The Bertz CT molecular complexity index is 921. The predicted molar refractivity (Wildman–Crippen MR) is 112 cm³/mol. The molecule has 0 unspecified atom stereocenters. The second kappa shape index (κ2) is 8.21. The first-order valence-corrected chi connectivity index (χ1v) is 9.83. The summed E-state index contributed by atoms with van der Waals surface area (Å²) in [6.45, 7) is 1.94. The van der Waals surface area contributed by atoms with Gasteiger partial charge in [-0.25, -0.2) is 0 Å². The number of carbonyl (C=O) groups excluding carboxylic acids is 2. The first-order chi connectivity index (χ1) is 12.9. The van der Waals surface area contributed by atoms with E-state index in [1.807, 2.05) is 12.1 Å². The quantitative estimate of drug-likeness (QED) is 0.414. The Kier molecular flexibility index (Phi) is 5.94. The Morgan fingerprint density at radius 1 is 1.26 bits per heavy atom. The molecular formula is C19H17ClN2O3S2. The molecule has 0 saturated carbocycles. The molecule has 3 rings (SSSR count). The van der Waals surface area contributed by atoms with Crippen LogP contribution in [-0.2, 0) is 20.7 Å². The van der Waals surface area contributed by atoms with Gasteiger partial charge in [0.25, 0.3) is 5.91 Å². The Hall–Kier alpha value is -2.22. The van der Waals surface area contributed by atoms with E-state index in [0.29, 0.717) is 16.4 Å². The molecule has 0 bridgehead atoms. The van der Waals surface area contributed by atoms with Crippen molar-refractivity contribution in [3.05, 3.63) is 56.9 Å². The minimum Gasteiger partial charge on any atom is -0.468 e. The van der Waals surface area contributed by atoms with Gasteiger partial charge in [0.15, 0.2) is 5.11 Å². The maximum absolute atomic E-state index is 13.1. The molecule has 2 heterocycles. The van der Waals surface area contributed by atoms with Gasteiger partial charge in [0.1, 0.15) is 12.2 Å². The maximum atomic E-state index is 13.1. The average Bonchev–Trinajstić information content (AvgIpc) is 3.21. The number of ether oxygens (including phenoxy) is 1. The lowest BCUT2D eigenvalue weighted by Gasteiger charge is -2.19. The van der Waals surface area contributed by atoms with E-state index >= 15 is 0 Å². The number of thiophene rings is 1. The zero-order valence-corrected chi connectivity index (χ0v) is 17.2. The van der Waals surface area contributed by atoms with E-state index in [9.17, 15) is 9.59 Å². The van der Waals surface area contributed by atoms with Crippen molar-refractivity contribution in [2.75, 3.05) is 18.6 Å². The lowest BCUT2D eigenvalue weighted by atomic mass is 10.2. The van der Waals surface area contributed by atoms with Gasteiger partial charge in [0, 0.05) is 14.8 Å². The third-order valence-corrected chi connectivity index (χ3v) is 5.88. The van der Waals surface area contributed by atoms with Crippen LogP contribution in [0.25, 0.3) is 6.08 Å². The van der Waals surface area contributed by atoms with Crippen LogP contribution in [0.15, 0.2) is 42.1 Å². The topological polar surface area (TPSA) is 49.9 Å². The fourth-order valence-corrected chi connectivity index (χ4v) is 4.01. The number of hydrogen-bond donors (Lipinski definition) is 0. The molecule has 140 valence electrons. The number of halogens is 1. The fourth-order valence-electron chi connectivity index (χ4n) is 2.64. The minimum absolute atomic E-state index is 0.136. The van der Waals surface area contributed by atoms with Crippen molar-refractivity contribution in [2.45, 2.75) is 13.3 Å². The molecule has 1 fully saturated rings. The highest BCUT2D eigenvalue weighted by atomic mass is 35.5. The van der Waals surface area contributed by atoms with Gasteiger partial charge in [-0.15, -0.1) is 11.3 Å². The number of aryl methyl sites for hydroxylation is 1. The number of hydrogen-bond acceptors (Lipinski definition) is 5. The lowest BCUT2D eigenvalue weighted by molar-refractivity contribution is -0.140. The van der Waals surface area contributed by atoms with E-state index in [0.717, 1.165) is 11.3 Å². The second-order valence-electron chi connectivity index (χ2n) is 5.75. The summed E-state index contributed by atoms with van der Waals surface area (Å²) < 4.78 is 4.76. The molecule has 2 aromatic rings. The number of esters is 1. The highest BCUT2D eigenvalue weighted by Gasteiger charge is 2.40. The smallest absolute Gasteiger partial charge is 0.325 e. The van der Waals surface area contributed by atoms with Crippen molar-refractivity contribution in [1.29, 1.82) is 0 Å². The van der Waals surface area contributed by atoms with Crippen molar-refractivity contribution >= 4 is 63.9 Å². The van der Waals surface area contributed by atoms with E-state index in [1.54, 1.807) is 41.7 Å². The summed E-state index contributed by atoms with van der Waals surface area (Å²) in [6, 6.07) is 10.8. The van der Waals surface area contributed by atoms with Crippen LogP contribution in [0, 0.1) is 0 Å². The molecule has 0 radical (unpaired) electrons. The van der Waals surface area contributed by atoms with Gasteiger partial charge < -0.3 is 9.64 Å². The molecule has 1 amide bonds. The van der Waals surface area contributed by atoms with Gasteiger partial charge in [-0.05, 0) is 61.1 Å². The zero-order valence-electron chi connectivity index (χ0n) is 14.8. The van der Waals surface area contributed by atoms with E-state index in [1.165, 1.54) is 21.8 Å². The first kappa shape index (κ1) is 19.5. The molecule has 0 atom stereocenters. The number of rotatable bonds is 5. The summed E-state index contributed by atoms with van der Waals surface area (Å²) in [6.07, 6.45) is 2.68. The van der Waals surface area contributed by atoms with Crippen LogP contribution in [0.4, 0.5) is 5.69 Å². The van der Waals surface area contributed by atoms with Crippen LogP contribution in [-0.4, -0.2) is 35.5 Å². The maximum Gasteiger partial charge on any atom is 0.325 e. The summed E-state index contributed by atoms with van der Waals surface area (Å²) in [5.41, 5.74) is 0.929. The van der Waals surface area contributed by atoms with Gasteiger partial charge in [-0.3, -0.25) is 14.5 Å². The molecule has 1 aliphatic rings. The fraction of sp³-hybridized carbons (Fsp3) is 0.211. The Morgan fingerprint density at radius 2 is 1.96 bits per heavy atom. The van der Waals surface area contributed by atoms with Gasteiger partial charge in [-0.2, -0.15) is 0 Å². The molecule has 0 spiro atoms. The van der Waals surface area contributed by atoms with Crippen molar-refractivity contribution in [3.8, 4) is 0 Å². The summed E-state index contributed by atoms with van der Waals surface area (Å²) in [4.78, 5) is 30.0. The molecule has 5 nitrogen and oxygen atoms in total. The van der Waals surface area contributed by atoms with Gasteiger partial charge in [-0.1, -0.05) is 18.5 Å². The van der Waals surface area contributed by atoms with E-state index in [-0.39, 0.29) is 17.6 Å². The third kappa shape index (κ3) is 4.05. The highest BCUT2D eigenvalue weighted by molar-refractivity contribution is 7.80. The lowest BCUT2D eigenvalue weighted by Crippen LogP contribution is -2.35. The van der Waals surface area contributed by atoms with Crippen LogP contribution in [0.1, 0.15) is 16.7 Å². The number of carbonyl (C=O) groups is 2. The van der Waals surface area contributed by atoms with Crippen LogP contribution in [0.3, 0.4) is 0 Å². The summed E-state index contributed by atoms with van der Waals surface area (Å²) >= 11 is 13.0. The van der Waals surface area contributed by atoms with Crippen LogP contribution in [0.2, 0.25) is 5.02 Å². The van der Waals surface area contributed by atoms with Crippen LogP contribution < -0.4 is 4.90 Å². The first-order valence-electron chi connectivity index (χ1n) is 8.23. The van der Waals surface area contributed by atoms with Crippen molar-refractivity contribution < 1.29 is 14.3 Å². The van der Waals surface area contributed by atoms with Crippen LogP contribution in [0.5, 0.6) is 0 Å². The van der Waals surface area contributed by atoms with Gasteiger partial charge >= 0.3 is 5.97 Å². The number of thiocarbonyl (C=S) groups is 1. The standard InChI is InChI=1S/C19H17ClN2O3S2/c1-3-14-8-9-15(27-14)10-16-18(24)22(13-6-4-12(20)5-7-13)19(26)21(16)11-17(23)25-2/h4-10H,3,11H2,1-2H3/b16-10-. The number of anilines is 1. The Balaban J connectivity index is 2.02. The largest absolute Gasteiger partial charge is 0.468 e. The minimum atomic E-state index is -0.477. The molecule has 0 aliphatic carbocycles. The monoisotopic (exact) mass is 420 g/mol. The van der Waals surface area contributed by atoms with Crippen LogP contribution >= 0.6 is 35.2 Å². The number of methoxy groups -OCH3 is 1. The molecule has 1 aromatic carbocycles. The molecular weight excluding hydrogens is 404 g/mol. The third-order valence-electron chi connectivity index (χ3n) is 4.04. The number of nitrogens with zero attached hydrogens (tertiary/aromatic N) is 2. The Labute approximate surface area is 171 Å². The number of benzene rings is 1. The molecule has 1 aromatic heterocycles. The second-order valence-corrected chi connectivity index (χ2v) is 7.75. The van der Waals surface area contributed by atoms with Gasteiger partial charge in [0.05, 0.1) is 12.8 Å². The molecule has 27 heavy (non-hydrogen) atoms. The zero-order chi connectivity index (χ0) is 19.6. The Morgan fingerprint density at radius 3 is 2.56 bits per heavy atom. The highest BCUT2D eigenvalue weighted by Crippen LogP contribution is 2.31. The predicted octanol–water partition coefficient (Wildman–Crippen LogP) is 4.11. The van der Waals surface area contributed by atoms with Crippen molar-refractivity contribution in [3.63, 3.8) is 0 Å². The molecule has 1 aliphatic heterocycles. The SMILES string of the molecule is CCc1ccc(/C=C2/C(=O)N(c3ccc(Cl)cc3)C(=S)N2CC(=O)OC)s1. The summed E-state index contributed by atoms with van der Waals surface area (Å²) in [7, 11) is 1.30. The van der Waals surface area contributed by atoms with E-state index in [4.69, 9.17) is 28.6 Å². The summed E-state index contributed by atoms with van der Waals surface area (Å²) in [5, 5.41) is 0.787. The van der Waals surface area contributed by atoms with Gasteiger partial charge in [0.2, 0.25) is 0 Å². The molecule has 1 saturated heterocycles.